The molecule has 264 valence electrons. The molecule has 0 amide bonds. The first-order chi connectivity index (χ1) is 24.1. The minimum atomic E-state index is 0.259. The van der Waals surface area contributed by atoms with Gasteiger partial charge in [-0.15, -0.1) is 0 Å². The summed E-state index contributed by atoms with van der Waals surface area (Å²) in [5.74, 6) is 2.00. The van der Waals surface area contributed by atoms with Crippen molar-refractivity contribution in [2.45, 2.75) is 13.8 Å². The van der Waals surface area contributed by atoms with Crippen molar-refractivity contribution in [3.63, 3.8) is 0 Å². The molecule has 51 heavy (non-hydrogen) atoms. The average Bonchev–Trinajstić information content (AvgIpc) is 3.07. The highest BCUT2D eigenvalue weighted by molar-refractivity contribution is 7.80. The van der Waals surface area contributed by atoms with Gasteiger partial charge in [0, 0.05) is 76.8 Å². The SMILES string of the molecule is C[NH2+]C(=S)Oc1cc2cc(C)ccc2cc1-c1cc(OC(=S)N(C)C)c(-c2cc3ccc(C)cc3cc2OC(=S)N(C)C)cc1OC(=S)N(C)C. The molecule has 0 saturated carbocycles. The average molecular weight is 758 g/mol. The molecule has 0 aromatic heterocycles. The summed E-state index contributed by atoms with van der Waals surface area (Å²) in [6.45, 7) is 4.11. The topological polar surface area (TPSA) is 63.3 Å². The molecule has 0 aliphatic carbocycles. The van der Waals surface area contributed by atoms with Gasteiger partial charge in [-0.05, 0) is 108 Å². The first-order valence-corrected chi connectivity index (χ1v) is 17.7. The molecule has 0 saturated heterocycles. The smallest absolute Gasteiger partial charge is 0.365 e. The summed E-state index contributed by atoms with van der Waals surface area (Å²) in [6.07, 6.45) is 0. The van der Waals surface area contributed by atoms with E-state index in [4.69, 9.17) is 67.8 Å². The molecular weight excluding hydrogens is 717 g/mol. The van der Waals surface area contributed by atoms with E-state index in [1.165, 1.54) is 0 Å². The van der Waals surface area contributed by atoms with Gasteiger partial charge >= 0.3 is 5.17 Å². The highest BCUT2D eigenvalue weighted by Crippen LogP contribution is 2.48. The maximum absolute atomic E-state index is 6.50. The fourth-order valence-electron chi connectivity index (χ4n) is 5.26. The van der Waals surface area contributed by atoms with E-state index in [9.17, 15) is 0 Å². The number of aryl methyl sites for hydroxylation is 2. The van der Waals surface area contributed by atoms with Crippen LogP contribution in [0, 0.1) is 13.8 Å². The van der Waals surface area contributed by atoms with Crippen LogP contribution in [0.3, 0.4) is 0 Å². The highest BCUT2D eigenvalue weighted by atomic mass is 32.1. The number of hydrogen-bond donors (Lipinski definition) is 1. The second kappa shape index (κ2) is 15.8. The quantitative estimate of drug-likeness (QED) is 0.176. The number of hydrogen-bond acceptors (Lipinski definition) is 8. The lowest BCUT2D eigenvalue weighted by atomic mass is 9.93. The number of fused-ring (bicyclic) bond motifs is 2. The van der Waals surface area contributed by atoms with Crippen LogP contribution < -0.4 is 24.3 Å². The summed E-state index contributed by atoms with van der Waals surface area (Å²) in [5.41, 5.74) is 4.98. The molecule has 0 atom stereocenters. The Hall–Kier alpha value is -4.46. The van der Waals surface area contributed by atoms with Crippen molar-refractivity contribution in [3.8, 4) is 45.3 Å². The molecule has 5 aromatic rings. The number of quaternary nitrogens is 1. The predicted octanol–water partition coefficient (Wildman–Crippen LogP) is 7.48. The zero-order chi connectivity index (χ0) is 37.1. The lowest BCUT2D eigenvalue weighted by Gasteiger charge is -2.24. The van der Waals surface area contributed by atoms with Gasteiger partial charge < -0.3 is 33.6 Å². The number of benzene rings is 5. The summed E-state index contributed by atoms with van der Waals surface area (Å²) >= 11 is 22.6. The van der Waals surface area contributed by atoms with Gasteiger partial charge in [-0.3, -0.25) is 5.32 Å². The van der Waals surface area contributed by atoms with Crippen LogP contribution in [0.15, 0.2) is 72.8 Å². The van der Waals surface area contributed by atoms with Gasteiger partial charge in [0.2, 0.25) is 0 Å². The number of ether oxygens (including phenoxy) is 4. The van der Waals surface area contributed by atoms with Crippen molar-refractivity contribution in [3.05, 3.63) is 83.9 Å². The number of thiocarbonyl (C=S) groups is 4. The van der Waals surface area contributed by atoms with Gasteiger partial charge in [0.1, 0.15) is 23.0 Å². The Bertz CT molecular complexity index is 2200. The van der Waals surface area contributed by atoms with E-state index in [0.29, 0.717) is 50.0 Å². The molecule has 0 spiro atoms. The summed E-state index contributed by atoms with van der Waals surface area (Å²) in [7, 11) is 12.8. The Morgan fingerprint density at radius 3 is 1.14 bits per heavy atom. The zero-order valence-corrected chi connectivity index (χ0v) is 33.4. The van der Waals surface area contributed by atoms with E-state index in [1.54, 1.807) is 20.0 Å². The van der Waals surface area contributed by atoms with Crippen LogP contribution in [0.1, 0.15) is 11.1 Å². The first-order valence-electron chi connectivity index (χ1n) is 16.1. The van der Waals surface area contributed by atoms with Crippen molar-refractivity contribution in [1.82, 2.24) is 14.7 Å². The molecule has 5 aromatic carbocycles. The van der Waals surface area contributed by atoms with Gasteiger partial charge in [-0.2, -0.15) is 0 Å². The fourth-order valence-corrected chi connectivity index (χ4v) is 5.61. The second-order valence-corrected chi connectivity index (χ2v) is 14.2. The van der Waals surface area contributed by atoms with Crippen LogP contribution in [-0.4, -0.2) is 84.7 Å². The highest BCUT2D eigenvalue weighted by Gasteiger charge is 2.25. The zero-order valence-electron chi connectivity index (χ0n) is 30.1. The van der Waals surface area contributed by atoms with Gasteiger partial charge in [0.05, 0.1) is 7.05 Å². The van der Waals surface area contributed by atoms with Crippen molar-refractivity contribution in [2.24, 2.45) is 0 Å². The van der Waals surface area contributed by atoms with Crippen LogP contribution in [0.25, 0.3) is 43.8 Å². The van der Waals surface area contributed by atoms with Gasteiger partial charge in [-0.1, -0.05) is 47.5 Å². The molecule has 8 nitrogen and oxygen atoms in total. The Labute approximate surface area is 320 Å². The maximum atomic E-state index is 6.50. The van der Waals surface area contributed by atoms with Crippen LogP contribution in [0.2, 0.25) is 0 Å². The fraction of sp³-hybridized carbons (Fsp3) is 0.231. The molecule has 0 bridgehead atoms. The lowest BCUT2D eigenvalue weighted by Crippen LogP contribution is -2.84. The summed E-state index contributed by atoms with van der Waals surface area (Å²) in [5, 5.41) is 6.90. The van der Waals surface area contributed by atoms with Crippen molar-refractivity contribution in [2.75, 3.05) is 49.3 Å². The van der Waals surface area contributed by atoms with E-state index in [0.717, 1.165) is 38.2 Å². The molecule has 0 aliphatic heterocycles. The minimum Gasteiger partial charge on any atom is -0.431 e. The van der Waals surface area contributed by atoms with Gasteiger partial charge in [-0.25, -0.2) is 0 Å². The summed E-state index contributed by atoms with van der Waals surface area (Å²) < 4.78 is 25.7. The lowest BCUT2D eigenvalue weighted by molar-refractivity contribution is -0.515. The van der Waals surface area contributed by atoms with E-state index >= 15 is 0 Å². The van der Waals surface area contributed by atoms with Crippen LogP contribution in [-0.2, 0) is 0 Å². The van der Waals surface area contributed by atoms with E-state index in [1.807, 2.05) is 73.6 Å². The third-order valence-corrected chi connectivity index (χ3v) is 9.65. The Morgan fingerprint density at radius 2 is 0.784 bits per heavy atom. The van der Waals surface area contributed by atoms with Crippen molar-refractivity contribution < 1.29 is 24.3 Å². The molecule has 2 N–H and O–H groups in total. The minimum absolute atomic E-state index is 0.259. The third kappa shape index (κ3) is 8.71. The molecule has 0 radical (unpaired) electrons. The Morgan fingerprint density at radius 1 is 0.451 bits per heavy atom. The second-order valence-electron chi connectivity index (χ2n) is 12.7. The summed E-state index contributed by atoms with van der Waals surface area (Å²) in [6, 6.07) is 24.4. The van der Waals surface area contributed by atoms with Crippen LogP contribution in [0.4, 0.5) is 0 Å². The molecule has 12 heteroatoms. The number of rotatable bonds is 6. The monoisotopic (exact) mass is 757 g/mol. The van der Waals surface area contributed by atoms with E-state index < -0.39 is 0 Å². The van der Waals surface area contributed by atoms with Crippen molar-refractivity contribution in [1.29, 1.82) is 0 Å². The largest absolute Gasteiger partial charge is 0.431 e. The molecule has 0 unspecified atom stereocenters. The molecule has 0 aliphatic rings. The first kappa shape index (κ1) is 37.8. The summed E-state index contributed by atoms with van der Waals surface area (Å²) in [4.78, 5) is 5.20. The third-order valence-electron chi connectivity index (χ3n) is 7.98. The normalized spacial score (nSPS) is 10.8. The maximum Gasteiger partial charge on any atom is 0.365 e. The molecule has 0 heterocycles. The van der Waals surface area contributed by atoms with Gasteiger partial charge in [0.25, 0.3) is 15.5 Å². The molecule has 0 fully saturated rings. The van der Waals surface area contributed by atoms with E-state index in [-0.39, 0.29) is 10.3 Å². The van der Waals surface area contributed by atoms with Crippen LogP contribution in [0.5, 0.6) is 23.0 Å². The van der Waals surface area contributed by atoms with Crippen molar-refractivity contribution >= 4 is 91.1 Å². The van der Waals surface area contributed by atoms with E-state index in [2.05, 4.69) is 62.4 Å². The Kier molecular flexibility index (Phi) is 11.7. The number of nitrogens with zero attached hydrogens (tertiary/aromatic N) is 3. The standard InChI is InChI=1S/C39H40N4O4S4/c1-22-10-12-24-16-28(32(18-26(24)14-22)44-36(48)40-3)30-20-35(47-39(51)43(8)9)31(21-34(30)46-38(50)42(6)7)29-17-25-13-11-23(2)15-27(25)19-33(29)45-37(49)41(4)5/h10-21H,1-9H3,(H,40,48)/p+1. The molecule has 5 rings (SSSR count). The Balaban J connectivity index is 1.88. The molecular formula is C39H41N4O4S4+. The predicted molar refractivity (Wildman–Crippen MR) is 224 cm³/mol. The van der Waals surface area contributed by atoms with Gasteiger partial charge in [0.15, 0.2) is 0 Å². The number of nitrogens with two attached hydrogens (primary N) is 1. The van der Waals surface area contributed by atoms with Crippen LogP contribution >= 0.6 is 48.9 Å².